The molecule has 1 aromatic rings. The molecule has 0 saturated carbocycles. The number of morpholine rings is 1. The van der Waals surface area contributed by atoms with Gasteiger partial charge in [0.2, 0.25) is 5.91 Å². The standard InChI is InChI=1S/C17H27N3O4/c1-12-14(13(2)24-18-12)11-17(22)20-5-3-15(16(21)4-6-20)19-7-9-23-10-8-19/h15-16,21H,3-11H2,1-2H3/t15-,16-/m0/s1. The zero-order valence-electron chi connectivity index (χ0n) is 14.5. The molecule has 0 spiro atoms. The number of likely N-dealkylation sites (tertiary alicyclic amines) is 1. The summed E-state index contributed by atoms with van der Waals surface area (Å²) in [6.45, 7) is 8.13. The fourth-order valence-corrected chi connectivity index (χ4v) is 3.67. The van der Waals surface area contributed by atoms with Gasteiger partial charge >= 0.3 is 0 Å². The summed E-state index contributed by atoms with van der Waals surface area (Å²) in [5, 5.41) is 14.4. The lowest BCUT2D eigenvalue weighted by atomic mass is 10.0. The number of ether oxygens (including phenoxy) is 1. The smallest absolute Gasteiger partial charge is 0.227 e. The van der Waals surface area contributed by atoms with E-state index in [0.29, 0.717) is 31.7 Å². The lowest BCUT2D eigenvalue weighted by molar-refractivity contribution is -0.130. The topological polar surface area (TPSA) is 79.0 Å². The SMILES string of the molecule is Cc1noc(C)c1CC(=O)N1CC[C@H](O)[C@@H](N2CCOCC2)CC1. The van der Waals surface area contributed by atoms with Crippen LogP contribution in [0.4, 0.5) is 0 Å². The van der Waals surface area contributed by atoms with Crippen LogP contribution in [0.5, 0.6) is 0 Å². The van der Waals surface area contributed by atoms with Gasteiger partial charge in [-0.05, 0) is 26.7 Å². The molecule has 7 heteroatoms. The number of hydrogen-bond donors (Lipinski definition) is 1. The quantitative estimate of drug-likeness (QED) is 0.866. The van der Waals surface area contributed by atoms with Crippen LogP contribution >= 0.6 is 0 Å². The third kappa shape index (κ3) is 3.79. The largest absolute Gasteiger partial charge is 0.391 e. The molecule has 0 aromatic carbocycles. The molecule has 1 N–H and O–H groups in total. The van der Waals surface area contributed by atoms with Gasteiger partial charge in [0.15, 0.2) is 0 Å². The molecule has 2 saturated heterocycles. The minimum absolute atomic E-state index is 0.0826. The van der Waals surface area contributed by atoms with Gasteiger partial charge in [0.05, 0.1) is 31.4 Å². The van der Waals surface area contributed by atoms with E-state index in [4.69, 9.17) is 9.26 Å². The van der Waals surface area contributed by atoms with Gasteiger partial charge in [0.1, 0.15) is 5.76 Å². The first kappa shape index (κ1) is 17.4. The molecule has 1 amide bonds. The number of hydrogen-bond acceptors (Lipinski definition) is 6. The van der Waals surface area contributed by atoms with Crippen LogP contribution in [-0.2, 0) is 16.0 Å². The third-order valence-electron chi connectivity index (χ3n) is 5.21. The summed E-state index contributed by atoms with van der Waals surface area (Å²) in [5.74, 6) is 0.793. The van der Waals surface area contributed by atoms with E-state index >= 15 is 0 Å². The lowest BCUT2D eigenvalue weighted by Gasteiger charge is -2.36. The van der Waals surface area contributed by atoms with Gasteiger partial charge in [0.25, 0.3) is 0 Å². The lowest BCUT2D eigenvalue weighted by Crippen LogP contribution is -2.49. The maximum Gasteiger partial charge on any atom is 0.227 e. The Hall–Kier alpha value is -1.44. The zero-order chi connectivity index (χ0) is 17.1. The molecule has 0 radical (unpaired) electrons. The number of aromatic nitrogens is 1. The van der Waals surface area contributed by atoms with Crippen LogP contribution in [0.25, 0.3) is 0 Å². The molecule has 0 bridgehead atoms. The fraction of sp³-hybridized carbons (Fsp3) is 0.765. The molecule has 134 valence electrons. The van der Waals surface area contributed by atoms with Crippen LogP contribution in [0.1, 0.15) is 29.9 Å². The van der Waals surface area contributed by atoms with Crippen molar-refractivity contribution in [3.8, 4) is 0 Å². The molecule has 0 unspecified atom stereocenters. The van der Waals surface area contributed by atoms with Crippen molar-refractivity contribution in [1.29, 1.82) is 0 Å². The minimum Gasteiger partial charge on any atom is -0.391 e. The molecule has 3 heterocycles. The van der Waals surface area contributed by atoms with Crippen molar-refractivity contribution in [3.63, 3.8) is 0 Å². The average Bonchev–Trinajstić information content (AvgIpc) is 2.79. The number of nitrogens with zero attached hydrogens (tertiary/aromatic N) is 3. The highest BCUT2D eigenvalue weighted by atomic mass is 16.5. The highest BCUT2D eigenvalue weighted by Crippen LogP contribution is 2.20. The molecule has 0 aliphatic carbocycles. The highest BCUT2D eigenvalue weighted by Gasteiger charge is 2.32. The second-order valence-electron chi connectivity index (χ2n) is 6.72. The summed E-state index contributed by atoms with van der Waals surface area (Å²) in [6, 6.07) is 0.116. The molecular weight excluding hydrogens is 310 g/mol. The van der Waals surface area contributed by atoms with E-state index in [0.717, 1.165) is 44.0 Å². The van der Waals surface area contributed by atoms with Crippen LogP contribution in [0.3, 0.4) is 0 Å². The molecule has 3 rings (SSSR count). The molecule has 7 nitrogen and oxygen atoms in total. The number of aryl methyl sites for hydroxylation is 2. The first-order valence-corrected chi connectivity index (χ1v) is 8.75. The Morgan fingerprint density at radius 2 is 1.92 bits per heavy atom. The summed E-state index contributed by atoms with van der Waals surface area (Å²) in [4.78, 5) is 16.8. The summed E-state index contributed by atoms with van der Waals surface area (Å²) in [6.07, 6.45) is 1.35. The molecule has 2 aliphatic rings. The number of amides is 1. The van der Waals surface area contributed by atoms with E-state index < -0.39 is 0 Å². The molecule has 2 aliphatic heterocycles. The van der Waals surface area contributed by atoms with Gasteiger partial charge in [-0.1, -0.05) is 5.16 Å². The summed E-state index contributed by atoms with van der Waals surface area (Å²) in [5.41, 5.74) is 1.66. The van der Waals surface area contributed by atoms with Gasteiger partial charge in [0, 0.05) is 37.8 Å². The van der Waals surface area contributed by atoms with Crippen molar-refractivity contribution in [1.82, 2.24) is 15.0 Å². The molecule has 2 atom stereocenters. The van der Waals surface area contributed by atoms with E-state index in [1.165, 1.54) is 0 Å². The van der Waals surface area contributed by atoms with Crippen LogP contribution in [0, 0.1) is 13.8 Å². The molecular formula is C17H27N3O4. The van der Waals surface area contributed by atoms with Gasteiger partial charge < -0.3 is 19.3 Å². The normalized spacial score (nSPS) is 26.4. The first-order chi connectivity index (χ1) is 11.6. The number of aliphatic hydroxyl groups is 1. The predicted molar refractivity (Wildman–Crippen MR) is 87.7 cm³/mol. The second-order valence-corrected chi connectivity index (χ2v) is 6.72. The highest BCUT2D eigenvalue weighted by molar-refractivity contribution is 5.79. The van der Waals surface area contributed by atoms with Crippen molar-refractivity contribution in [3.05, 3.63) is 17.0 Å². The Labute approximate surface area is 142 Å². The third-order valence-corrected chi connectivity index (χ3v) is 5.21. The van der Waals surface area contributed by atoms with Gasteiger partial charge in [-0.3, -0.25) is 9.69 Å². The van der Waals surface area contributed by atoms with Crippen molar-refractivity contribution in [2.75, 3.05) is 39.4 Å². The van der Waals surface area contributed by atoms with Crippen molar-refractivity contribution < 1.29 is 19.2 Å². The molecule has 2 fully saturated rings. The molecule has 24 heavy (non-hydrogen) atoms. The average molecular weight is 337 g/mol. The number of rotatable bonds is 3. The fourth-order valence-electron chi connectivity index (χ4n) is 3.67. The zero-order valence-corrected chi connectivity index (χ0v) is 14.5. The first-order valence-electron chi connectivity index (χ1n) is 8.75. The summed E-state index contributed by atoms with van der Waals surface area (Å²) in [7, 11) is 0. The Balaban J connectivity index is 1.60. The second kappa shape index (κ2) is 7.63. The summed E-state index contributed by atoms with van der Waals surface area (Å²) < 4.78 is 10.5. The van der Waals surface area contributed by atoms with Crippen LogP contribution in [0.2, 0.25) is 0 Å². The molecule has 1 aromatic heterocycles. The van der Waals surface area contributed by atoms with E-state index in [-0.39, 0.29) is 18.1 Å². The Bertz CT molecular complexity index is 549. The minimum atomic E-state index is -0.389. The van der Waals surface area contributed by atoms with E-state index in [1.807, 2.05) is 18.7 Å². The van der Waals surface area contributed by atoms with Crippen LogP contribution in [-0.4, -0.2) is 77.5 Å². The number of aliphatic hydroxyl groups excluding tert-OH is 1. The van der Waals surface area contributed by atoms with Crippen molar-refractivity contribution >= 4 is 5.91 Å². The van der Waals surface area contributed by atoms with Crippen LogP contribution in [0.15, 0.2) is 4.52 Å². The predicted octanol–water partition coefficient (Wildman–Crippen LogP) is 0.518. The van der Waals surface area contributed by atoms with E-state index in [9.17, 15) is 9.90 Å². The number of carbonyl (C=O) groups is 1. The van der Waals surface area contributed by atoms with Crippen molar-refractivity contribution in [2.45, 2.75) is 45.3 Å². The van der Waals surface area contributed by atoms with Gasteiger partial charge in [-0.2, -0.15) is 0 Å². The van der Waals surface area contributed by atoms with E-state index in [1.54, 1.807) is 0 Å². The number of carbonyl (C=O) groups excluding carboxylic acids is 1. The monoisotopic (exact) mass is 337 g/mol. The van der Waals surface area contributed by atoms with Gasteiger partial charge in [-0.25, -0.2) is 0 Å². The Kier molecular flexibility index (Phi) is 5.53. The van der Waals surface area contributed by atoms with Crippen LogP contribution < -0.4 is 0 Å². The maximum atomic E-state index is 12.7. The Morgan fingerprint density at radius 3 is 2.58 bits per heavy atom. The summed E-state index contributed by atoms with van der Waals surface area (Å²) >= 11 is 0. The Morgan fingerprint density at radius 1 is 1.21 bits per heavy atom. The van der Waals surface area contributed by atoms with E-state index in [2.05, 4.69) is 10.1 Å². The van der Waals surface area contributed by atoms with Crippen molar-refractivity contribution in [2.24, 2.45) is 0 Å². The maximum absolute atomic E-state index is 12.7. The van der Waals surface area contributed by atoms with Gasteiger partial charge in [-0.15, -0.1) is 0 Å².